The van der Waals surface area contributed by atoms with Crippen molar-refractivity contribution in [3.05, 3.63) is 156 Å². The molecule has 10 heteroatoms. The number of ketones is 1. The van der Waals surface area contributed by atoms with E-state index in [-0.39, 0.29) is 30.7 Å². The maximum Gasteiger partial charge on any atom is 0.303 e. The van der Waals surface area contributed by atoms with Crippen molar-refractivity contribution < 1.29 is 24.2 Å². The third-order valence-corrected chi connectivity index (χ3v) is 10.3. The first-order valence-electron chi connectivity index (χ1n) is 19.1. The van der Waals surface area contributed by atoms with E-state index >= 15 is 0 Å². The molecule has 2 heterocycles. The number of halogens is 1. The van der Waals surface area contributed by atoms with E-state index in [2.05, 4.69) is 51.5 Å². The Morgan fingerprint density at radius 3 is 2.11 bits per heavy atom. The number of benzene rings is 5. The second kappa shape index (κ2) is 19.2. The zero-order valence-electron chi connectivity index (χ0n) is 31.7. The molecule has 0 unspecified atom stereocenters. The highest BCUT2D eigenvalue weighted by Crippen LogP contribution is 2.35. The summed E-state index contributed by atoms with van der Waals surface area (Å²) in [6.45, 7) is 5.66. The molecule has 290 valence electrons. The van der Waals surface area contributed by atoms with Crippen LogP contribution in [0.5, 0.6) is 11.5 Å². The molecule has 1 aliphatic heterocycles. The summed E-state index contributed by atoms with van der Waals surface area (Å²) in [6, 6.07) is 42.2. The van der Waals surface area contributed by atoms with Gasteiger partial charge in [0.1, 0.15) is 11.5 Å². The molecule has 0 amide bonds. The summed E-state index contributed by atoms with van der Waals surface area (Å²) in [6.07, 6.45) is 3.23. The highest BCUT2D eigenvalue weighted by molar-refractivity contribution is 6.16. The predicted molar refractivity (Wildman–Crippen MR) is 226 cm³/mol. The van der Waals surface area contributed by atoms with Gasteiger partial charge in [0.05, 0.1) is 31.1 Å². The standard InChI is InChI=1S/C46H48N4O5.ClH/c1-54-42-21-11-10-20-41(42)49-29-27-48(28-30-49)25-13-31-55-43-32-36(46(53)38-33-50(26-12-22-44(51)52)40-19-9-8-18-37(38)40)23-24-39(43)47-45(34-14-4-2-5-15-34)35-16-6-3-7-17-35;/h2-11,14-21,23-24,32-33,45,47H,12-13,22,25-31H2,1H3,(H,51,52);1H. The van der Waals surface area contributed by atoms with E-state index in [1.54, 1.807) is 7.11 Å². The molecular formula is C46H49ClN4O5. The molecule has 1 aliphatic rings. The van der Waals surface area contributed by atoms with E-state index in [0.29, 0.717) is 36.4 Å². The topological polar surface area (TPSA) is 96.3 Å². The van der Waals surface area contributed by atoms with Crippen molar-refractivity contribution in [3.8, 4) is 11.5 Å². The number of anilines is 2. The number of carboxylic acids is 1. The maximum absolute atomic E-state index is 14.3. The lowest BCUT2D eigenvalue weighted by Crippen LogP contribution is -2.46. The SMILES string of the molecule is COc1ccccc1N1CCN(CCCOc2cc(C(=O)c3cn(CCCC(=O)O)c4ccccc34)ccc2NC(c2ccccc2)c2ccccc2)CC1.Cl. The van der Waals surface area contributed by atoms with Crippen molar-refractivity contribution in [3.63, 3.8) is 0 Å². The van der Waals surface area contributed by atoms with Gasteiger partial charge in [-0.15, -0.1) is 12.4 Å². The molecule has 9 nitrogen and oxygen atoms in total. The first-order valence-corrected chi connectivity index (χ1v) is 19.1. The van der Waals surface area contributed by atoms with Gasteiger partial charge in [0.15, 0.2) is 5.78 Å². The number of rotatable bonds is 17. The first kappa shape index (κ1) is 39.9. The van der Waals surface area contributed by atoms with Crippen molar-refractivity contribution in [2.45, 2.75) is 31.8 Å². The molecule has 6 aromatic rings. The van der Waals surface area contributed by atoms with Crippen LogP contribution in [0.15, 0.2) is 134 Å². The van der Waals surface area contributed by atoms with Crippen molar-refractivity contribution in [1.82, 2.24) is 9.47 Å². The number of carboxylic acid groups (broad SMARTS) is 1. The maximum atomic E-state index is 14.3. The highest BCUT2D eigenvalue weighted by atomic mass is 35.5. The zero-order chi connectivity index (χ0) is 38.0. The second-order valence-corrected chi connectivity index (χ2v) is 13.9. The van der Waals surface area contributed by atoms with Gasteiger partial charge in [-0.1, -0.05) is 91.0 Å². The monoisotopic (exact) mass is 772 g/mol. The Balaban J connectivity index is 0.00000532. The van der Waals surface area contributed by atoms with E-state index < -0.39 is 5.97 Å². The summed E-state index contributed by atoms with van der Waals surface area (Å²) in [5.74, 6) is 0.578. The second-order valence-electron chi connectivity index (χ2n) is 13.9. The van der Waals surface area contributed by atoms with Gasteiger partial charge in [0.25, 0.3) is 0 Å². The zero-order valence-corrected chi connectivity index (χ0v) is 32.5. The van der Waals surface area contributed by atoms with Crippen LogP contribution >= 0.6 is 12.4 Å². The Hall–Kier alpha value is -5.77. The molecule has 1 saturated heterocycles. The number of nitrogens with one attached hydrogen (secondary N) is 1. The van der Waals surface area contributed by atoms with Crippen LogP contribution in [0.4, 0.5) is 11.4 Å². The molecule has 0 radical (unpaired) electrons. The Kier molecular flexibility index (Phi) is 13.7. The van der Waals surface area contributed by atoms with Crippen LogP contribution in [0, 0.1) is 0 Å². The van der Waals surface area contributed by atoms with Gasteiger partial charge in [0, 0.05) is 73.9 Å². The quantitative estimate of drug-likeness (QED) is 0.0701. The van der Waals surface area contributed by atoms with Gasteiger partial charge in [-0.05, 0) is 60.4 Å². The third kappa shape index (κ3) is 9.53. The Morgan fingerprint density at radius 2 is 1.41 bits per heavy atom. The van der Waals surface area contributed by atoms with Crippen LogP contribution in [0.2, 0.25) is 0 Å². The average molecular weight is 773 g/mol. The van der Waals surface area contributed by atoms with Crippen LogP contribution in [0.25, 0.3) is 10.9 Å². The van der Waals surface area contributed by atoms with Gasteiger partial charge < -0.3 is 29.4 Å². The molecular weight excluding hydrogens is 724 g/mol. The van der Waals surface area contributed by atoms with Crippen molar-refractivity contribution in [2.75, 3.05) is 56.7 Å². The van der Waals surface area contributed by atoms with E-state index in [1.807, 2.05) is 102 Å². The fourth-order valence-corrected chi connectivity index (χ4v) is 7.45. The lowest BCUT2D eigenvalue weighted by atomic mass is 9.97. The van der Waals surface area contributed by atoms with E-state index in [4.69, 9.17) is 9.47 Å². The number of aliphatic carboxylic acids is 1. The fraction of sp³-hybridized carbons (Fsp3) is 0.261. The number of piperazine rings is 1. The molecule has 0 saturated carbocycles. The summed E-state index contributed by atoms with van der Waals surface area (Å²) in [4.78, 5) is 30.4. The molecule has 1 aromatic heterocycles. The molecule has 2 N–H and O–H groups in total. The molecule has 7 rings (SSSR count). The first-order chi connectivity index (χ1) is 27.0. The van der Waals surface area contributed by atoms with Crippen LogP contribution in [-0.2, 0) is 11.3 Å². The summed E-state index contributed by atoms with van der Waals surface area (Å²) in [5, 5.41) is 13.8. The lowest BCUT2D eigenvalue weighted by molar-refractivity contribution is -0.137. The molecule has 0 spiro atoms. The minimum Gasteiger partial charge on any atom is -0.495 e. The number of nitrogens with zero attached hydrogens (tertiary/aromatic N) is 3. The number of para-hydroxylation sites is 3. The number of carbonyl (C=O) groups excluding carboxylic acids is 1. The largest absolute Gasteiger partial charge is 0.495 e. The summed E-state index contributed by atoms with van der Waals surface area (Å²) in [5.41, 5.74) is 6.17. The van der Waals surface area contributed by atoms with E-state index in [9.17, 15) is 14.7 Å². The number of fused-ring (bicyclic) bond motifs is 1. The number of methoxy groups -OCH3 is 1. The van der Waals surface area contributed by atoms with Gasteiger partial charge in [0.2, 0.25) is 0 Å². The number of ether oxygens (including phenoxy) is 2. The number of carbonyl (C=O) groups is 2. The Bertz CT molecular complexity index is 2160. The third-order valence-electron chi connectivity index (χ3n) is 10.3. The van der Waals surface area contributed by atoms with Crippen molar-refractivity contribution >= 4 is 46.4 Å². The minimum atomic E-state index is -0.831. The van der Waals surface area contributed by atoms with Gasteiger partial charge >= 0.3 is 5.97 Å². The predicted octanol–water partition coefficient (Wildman–Crippen LogP) is 8.96. The molecule has 0 atom stereocenters. The van der Waals surface area contributed by atoms with Crippen molar-refractivity contribution in [2.24, 2.45) is 0 Å². The lowest BCUT2D eigenvalue weighted by Gasteiger charge is -2.36. The molecule has 0 aliphatic carbocycles. The van der Waals surface area contributed by atoms with Gasteiger partial charge in [-0.3, -0.25) is 14.5 Å². The summed E-state index contributed by atoms with van der Waals surface area (Å²) < 4.78 is 14.2. The van der Waals surface area contributed by atoms with Gasteiger partial charge in [-0.25, -0.2) is 0 Å². The summed E-state index contributed by atoms with van der Waals surface area (Å²) in [7, 11) is 1.72. The van der Waals surface area contributed by atoms with E-state index in [1.165, 1.54) is 0 Å². The number of hydrogen-bond donors (Lipinski definition) is 2. The van der Waals surface area contributed by atoms with Crippen LogP contribution in [0.1, 0.15) is 52.4 Å². The Morgan fingerprint density at radius 1 is 0.750 bits per heavy atom. The smallest absolute Gasteiger partial charge is 0.303 e. The molecule has 1 fully saturated rings. The van der Waals surface area contributed by atoms with Crippen LogP contribution < -0.4 is 19.7 Å². The van der Waals surface area contributed by atoms with E-state index in [0.717, 1.165) is 78.3 Å². The normalized spacial score (nSPS) is 13.0. The van der Waals surface area contributed by atoms with Crippen LogP contribution in [-0.4, -0.2) is 72.8 Å². The van der Waals surface area contributed by atoms with Crippen molar-refractivity contribution in [1.29, 1.82) is 0 Å². The van der Waals surface area contributed by atoms with Crippen LogP contribution in [0.3, 0.4) is 0 Å². The van der Waals surface area contributed by atoms with Gasteiger partial charge in [-0.2, -0.15) is 0 Å². The average Bonchev–Trinajstić information content (AvgIpc) is 3.60. The Labute approximate surface area is 334 Å². The number of hydrogen-bond acceptors (Lipinski definition) is 7. The minimum absolute atomic E-state index is 0. The fourth-order valence-electron chi connectivity index (χ4n) is 7.45. The highest BCUT2D eigenvalue weighted by Gasteiger charge is 2.22. The molecule has 0 bridgehead atoms. The number of aryl methyl sites for hydroxylation is 1. The molecule has 5 aromatic carbocycles. The number of aromatic nitrogens is 1. The summed E-state index contributed by atoms with van der Waals surface area (Å²) >= 11 is 0. The molecule has 56 heavy (non-hydrogen) atoms.